The second-order valence-electron chi connectivity index (χ2n) is 9.18. The van der Waals surface area contributed by atoms with Gasteiger partial charge in [-0.05, 0) is 67.3 Å². The molecule has 0 aliphatic rings. The minimum absolute atomic E-state index is 0.198. The van der Waals surface area contributed by atoms with Gasteiger partial charge in [-0.1, -0.05) is 67.3 Å². The Morgan fingerprint density at radius 3 is 2.08 bits per heavy atom. The van der Waals surface area contributed by atoms with E-state index in [0.29, 0.717) is 29.8 Å². The maximum Gasteiger partial charge on any atom is 0.280 e. The van der Waals surface area contributed by atoms with Crippen LogP contribution in [-0.2, 0) is 9.47 Å². The van der Waals surface area contributed by atoms with Crippen molar-refractivity contribution in [3.63, 3.8) is 0 Å². The van der Waals surface area contributed by atoms with Crippen molar-refractivity contribution in [1.29, 1.82) is 0 Å². The van der Waals surface area contributed by atoms with Crippen molar-refractivity contribution in [2.75, 3.05) is 33.0 Å². The molecule has 38 heavy (non-hydrogen) atoms. The van der Waals surface area contributed by atoms with Crippen LogP contribution in [0.25, 0.3) is 22.2 Å². The molecule has 3 aromatic carbocycles. The normalized spacial score (nSPS) is 11.2. The fourth-order valence-electron chi connectivity index (χ4n) is 4.26. The summed E-state index contributed by atoms with van der Waals surface area (Å²) in [5.74, 6) is 0.680. The third-order valence-corrected chi connectivity index (χ3v) is 6.39. The van der Waals surface area contributed by atoms with E-state index < -0.39 is 0 Å². The van der Waals surface area contributed by atoms with Crippen LogP contribution in [0.15, 0.2) is 72.8 Å². The van der Waals surface area contributed by atoms with Crippen molar-refractivity contribution in [3.8, 4) is 16.9 Å². The summed E-state index contributed by atoms with van der Waals surface area (Å²) in [5, 5.41) is 8.09. The highest BCUT2D eigenvalue weighted by Crippen LogP contribution is 2.24. The van der Waals surface area contributed by atoms with E-state index in [0.717, 1.165) is 49.5 Å². The first-order valence-corrected chi connectivity index (χ1v) is 13.6. The van der Waals surface area contributed by atoms with Crippen molar-refractivity contribution in [3.05, 3.63) is 78.4 Å². The van der Waals surface area contributed by atoms with Gasteiger partial charge in [-0.15, -0.1) is 5.10 Å². The molecule has 0 aliphatic carbocycles. The summed E-state index contributed by atoms with van der Waals surface area (Å²) in [7, 11) is 0. The van der Waals surface area contributed by atoms with E-state index in [1.54, 1.807) is 0 Å². The molecule has 0 unspecified atom stereocenters. The van der Waals surface area contributed by atoms with Gasteiger partial charge in [-0.25, -0.2) is 0 Å². The summed E-state index contributed by atoms with van der Waals surface area (Å²) in [4.78, 5) is 12.9. The van der Waals surface area contributed by atoms with Crippen LogP contribution in [0.3, 0.4) is 0 Å². The van der Waals surface area contributed by atoms with Gasteiger partial charge in [-0.3, -0.25) is 4.79 Å². The Bertz CT molecular complexity index is 1250. The molecule has 4 aromatic rings. The number of nitrogens with zero attached hydrogens (tertiary/aromatic N) is 3. The predicted octanol–water partition coefficient (Wildman–Crippen LogP) is 6.56. The highest BCUT2D eigenvalue weighted by atomic mass is 16.5. The molecule has 0 saturated carbocycles. The summed E-state index contributed by atoms with van der Waals surface area (Å²) in [6.45, 7) is 5.70. The highest BCUT2D eigenvalue weighted by molar-refractivity contribution is 6.00. The Morgan fingerprint density at radius 1 is 0.711 bits per heavy atom. The monoisotopic (exact) mass is 515 g/mol. The maximum absolute atomic E-state index is 12.9. The van der Waals surface area contributed by atoms with Gasteiger partial charge >= 0.3 is 0 Å². The first kappa shape index (κ1) is 27.5. The van der Waals surface area contributed by atoms with Crippen LogP contribution in [0.2, 0.25) is 0 Å². The quantitative estimate of drug-likeness (QED) is 0.157. The van der Waals surface area contributed by atoms with Crippen LogP contribution >= 0.6 is 0 Å². The molecule has 0 saturated heterocycles. The van der Waals surface area contributed by atoms with Crippen LogP contribution in [0, 0.1) is 0 Å². The predicted molar refractivity (Wildman–Crippen MR) is 150 cm³/mol. The summed E-state index contributed by atoms with van der Waals surface area (Å²) >= 11 is 0. The molecule has 1 heterocycles. The third-order valence-electron chi connectivity index (χ3n) is 6.39. The van der Waals surface area contributed by atoms with E-state index in [9.17, 15) is 4.79 Å². The lowest BCUT2D eigenvalue weighted by Gasteiger charge is -2.08. The lowest BCUT2D eigenvalue weighted by Crippen LogP contribution is -2.13. The largest absolute Gasteiger partial charge is 0.494 e. The van der Waals surface area contributed by atoms with Gasteiger partial charge in [0.2, 0.25) is 0 Å². The lowest BCUT2D eigenvalue weighted by atomic mass is 10.0. The first-order chi connectivity index (χ1) is 18.8. The molecule has 1 aromatic heterocycles. The van der Waals surface area contributed by atoms with Gasteiger partial charge in [0.15, 0.2) is 0 Å². The zero-order chi connectivity index (χ0) is 26.4. The van der Waals surface area contributed by atoms with E-state index >= 15 is 0 Å². The molecule has 0 amide bonds. The summed E-state index contributed by atoms with van der Waals surface area (Å²) in [6.07, 6.45) is 7.04. The van der Waals surface area contributed by atoms with Gasteiger partial charge in [0.1, 0.15) is 11.3 Å². The molecular weight excluding hydrogens is 478 g/mol. The fourth-order valence-corrected chi connectivity index (χ4v) is 4.26. The van der Waals surface area contributed by atoms with E-state index in [2.05, 4.69) is 10.3 Å². The molecule has 0 atom stereocenters. The van der Waals surface area contributed by atoms with Crippen molar-refractivity contribution < 1.29 is 19.0 Å². The van der Waals surface area contributed by atoms with Crippen LogP contribution in [0.4, 0.5) is 0 Å². The molecule has 0 bridgehead atoms. The first-order valence-electron chi connectivity index (χ1n) is 13.6. The smallest absolute Gasteiger partial charge is 0.280 e. The molecule has 0 N–H and O–H groups in total. The molecule has 7 nitrogen and oxygen atoms in total. The number of hydrogen-bond donors (Lipinski definition) is 0. The number of benzene rings is 3. The number of unbranched alkanes of at least 4 members (excludes halogenated alkanes) is 5. The van der Waals surface area contributed by atoms with Gasteiger partial charge < -0.3 is 14.2 Å². The minimum atomic E-state index is -0.198. The van der Waals surface area contributed by atoms with Gasteiger partial charge in [-0.2, -0.15) is 4.68 Å². The van der Waals surface area contributed by atoms with Crippen LogP contribution < -0.4 is 4.74 Å². The summed E-state index contributed by atoms with van der Waals surface area (Å²) in [5.41, 5.74) is 4.08. The molecular formula is C31H37N3O4. The highest BCUT2D eigenvalue weighted by Gasteiger charge is 2.14. The number of rotatable bonds is 16. The third kappa shape index (κ3) is 7.97. The van der Waals surface area contributed by atoms with E-state index in [-0.39, 0.29) is 5.91 Å². The van der Waals surface area contributed by atoms with Gasteiger partial charge in [0, 0.05) is 18.8 Å². The number of carbonyl (C=O) groups is 1. The molecule has 0 aliphatic heterocycles. The summed E-state index contributed by atoms with van der Waals surface area (Å²) < 4.78 is 18.1. The second kappa shape index (κ2) is 15.0. The SMILES string of the molecule is CCOCCOCCCCCCCCOc1ccc(-c2ccc(C(=O)n3nnc4ccccc43)cc2)cc1. The molecule has 0 radical (unpaired) electrons. The van der Waals surface area contributed by atoms with Crippen LogP contribution in [0.5, 0.6) is 5.75 Å². The molecule has 0 spiro atoms. The zero-order valence-corrected chi connectivity index (χ0v) is 22.2. The Balaban J connectivity index is 1.14. The number of para-hydroxylation sites is 1. The van der Waals surface area contributed by atoms with E-state index in [4.69, 9.17) is 14.2 Å². The standard InChI is InChI=1S/C31H37N3O4/c1-2-36-23-24-37-21-9-5-3-4-6-10-22-38-28-19-17-26(18-20-28)25-13-15-27(16-14-25)31(35)34-30-12-8-7-11-29(30)32-33-34/h7-8,11-20H,2-6,9-10,21-24H2,1H3. The maximum atomic E-state index is 12.9. The summed E-state index contributed by atoms with van der Waals surface area (Å²) in [6, 6.07) is 23.1. The second-order valence-corrected chi connectivity index (χ2v) is 9.18. The molecule has 0 fully saturated rings. The Hall–Kier alpha value is -3.55. The van der Waals surface area contributed by atoms with Crippen LogP contribution in [0.1, 0.15) is 55.8 Å². The average Bonchev–Trinajstić information content (AvgIpc) is 3.40. The van der Waals surface area contributed by atoms with E-state index in [1.165, 1.54) is 30.4 Å². The molecule has 4 rings (SSSR count). The fraction of sp³-hybridized carbons (Fsp3) is 0.387. The lowest BCUT2D eigenvalue weighted by molar-refractivity contribution is 0.0512. The van der Waals surface area contributed by atoms with Crippen molar-refractivity contribution in [2.24, 2.45) is 0 Å². The van der Waals surface area contributed by atoms with Crippen molar-refractivity contribution in [1.82, 2.24) is 15.0 Å². The average molecular weight is 516 g/mol. The van der Waals surface area contributed by atoms with Crippen molar-refractivity contribution >= 4 is 16.9 Å². The van der Waals surface area contributed by atoms with Crippen LogP contribution in [-0.4, -0.2) is 53.9 Å². The Kier molecular flexibility index (Phi) is 10.9. The number of carbonyl (C=O) groups excluding carboxylic acids is 1. The zero-order valence-electron chi connectivity index (χ0n) is 22.2. The number of hydrogen-bond acceptors (Lipinski definition) is 6. The number of aromatic nitrogens is 3. The number of fused-ring (bicyclic) bond motifs is 1. The topological polar surface area (TPSA) is 75.5 Å². The number of ether oxygens (including phenoxy) is 3. The van der Waals surface area contributed by atoms with Gasteiger partial charge in [0.25, 0.3) is 5.91 Å². The molecule has 200 valence electrons. The van der Waals surface area contributed by atoms with Crippen molar-refractivity contribution in [2.45, 2.75) is 45.4 Å². The minimum Gasteiger partial charge on any atom is -0.494 e. The molecule has 7 heteroatoms. The van der Waals surface area contributed by atoms with E-state index in [1.807, 2.05) is 79.7 Å². The Labute approximate surface area is 224 Å². The van der Waals surface area contributed by atoms with Gasteiger partial charge in [0.05, 0.1) is 25.3 Å². The Morgan fingerprint density at radius 2 is 1.34 bits per heavy atom.